The molecule has 1 N–H and O–H groups in total. The van der Waals surface area contributed by atoms with Crippen molar-refractivity contribution in [2.45, 2.75) is 43.9 Å². The molecule has 1 aliphatic carbocycles. The quantitative estimate of drug-likeness (QED) is 0.504. The fourth-order valence-corrected chi connectivity index (χ4v) is 4.33. The van der Waals surface area contributed by atoms with Gasteiger partial charge >= 0.3 is 6.18 Å². The Bertz CT molecular complexity index is 1170. The maximum atomic E-state index is 13.9. The number of pyridine rings is 1. The molecule has 0 radical (unpaired) electrons. The highest BCUT2D eigenvalue weighted by Crippen LogP contribution is 2.36. The Kier molecular flexibility index (Phi) is 6.23. The number of amides is 1. The smallest absolute Gasteiger partial charge is 0.371 e. The molecule has 1 amide bonds. The second-order valence-corrected chi connectivity index (χ2v) is 8.26. The summed E-state index contributed by atoms with van der Waals surface area (Å²) in [6.45, 7) is 0. The Morgan fingerprint density at radius 2 is 1.73 bits per heavy atom. The zero-order valence-corrected chi connectivity index (χ0v) is 17.8. The van der Waals surface area contributed by atoms with Crippen LogP contribution in [0.3, 0.4) is 0 Å². The minimum absolute atomic E-state index is 0.0454. The molecule has 1 heterocycles. The molecular weight excluding hydrogens is 441 g/mol. The van der Waals surface area contributed by atoms with Gasteiger partial charge in [0, 0.05) is 30.2 Å². The molecule has 1 aliphatic rings. The first-order chi connectivity index (χ1) is 15.6. The fraction of sp³-hybridized carbons (Fsp3) is 0.333. The molecule has 1 aromatic heterocycles. The Hall–Kier alpha value is -3.23. The summed E-state index contributed by atoms with van der Waals surface area (Å²) in [5.74, 6) is -2.18. The van der Waals surface area contributed by atoms with Gasteiger partial charge < -0.3 is 10.2 Å². The van der Waals surface area contributed by atoms with Crippen LogP contribution in [0.5, 0.6) is 0 Å². The summed E-state index contributed by atoms with van der Waals surface area (Å²) in [4.78, 5) is 18.0. The number of halogens is 5. The third kappa shape index (κ3) is 4.91. The first kappa shape index (κ1) is 22.9. The van der Waals surface area contributed by atoms with Gasteiger partial charge in [-0.05, 0) is 56.0 Å². The lowest BCUT2D eigenvalue weighted by molar-refractivity contribution is -0.140. The highest BCUT2D eigenvalue weighted by Gasteiger charge is 2.34. The van der Waals surface area contributed by atoms with Gasteiger partial charge in [0.05, 0.1) is 11.1 Å². The van der Waals surface area contributed by atoms with Crippen molar-refractivity contribution >= 4 is 22.5 Å². The summed E-state index contributed by atoms with van der Waals surface area (Å²) in [6.07, 6.45) is -2.20. The number of aromatic nitrogens is 1. The minimum atomic E-state index is -4.56. The molecule has 0 saturated heterocycles. The molecule has 2 aromatic carbocycles. The summed E-state index contributed by atoms with van der Waals surface area (Å²) in [5, 5.41) is 3.37. The predicted octanol–water partition coefficient (Wildman–Crippen LogP) is 5.71. The van der Waals surface area contributed by atoms with Gasteiger partial charge in [-0.3, -0.25) is 4.79 Å². The first-order valence-electron chi connectivity index (χ1n) is 10.6. The largest absolute Gasteiger partial charge is 0.433 e. The van der Waals surface area contributed by atoms with Crippen LogP contribution in [0.4, 0.5) is 27.6 Å². The van der Waals surface area contributed by atoms with Crippen molar-refractivity contribution in [3.8, 4) is 0 Å². The molecule has 4 nitrogen and oxygen atoms in total. The number of benzene rings is 2. The van der Waals surface area contributed by atoms with Crippen molar-refractivity contribution in [1.29, 1.82) is 0 Å². The van der Waals surface area contributed by atoms with Crippen LogP contribution >= 0.6 is 0 Å². The van der Waals surface area contributed by atoms with Crippen LogP contribution in [0.25, 0.3) is 10.9 Å². The second-order valence-electron chi connectivity index (χ2n) is 8.26. The number of nitrogens with one attached hydrogen (secondary N) is 1. The molecule has 0 unspecified atom stereocenters. The fourth-order valence-electron chi connectivity index (χ4n) is 4.33. The number of nitrogens with zero attached hydrogens (tertiary/aromatic N) is 2. The maximum Gasteiger partial charge on any atom is 0.433 e. The number of fused-ring (bicyclic) bond motifs is 1. The lowest BCUT2D eigenvalue weighted by atomic mass is 9.89. The molecule has 1 fully saturated rings. The van der Waals surface area contributed by atoms with Gasteiger partial charge in [-0.15, -0.1) is 0 Å². The molecule has 9 heteroatoms. The molecular formula is C24H22F5N3O. The number of anilines is 1. The van der Waals surface area contributed by atoms with Crippen molar-refractivity contribution in [3.05, 3.63) is 71.4 Å². The average Bonchev–Trinajstić information content (AvgIpc) is 2.79. The summed E-state index contributed by atoms with van der Waals surface area (Å²) < 4.78 is 67.4. The van der Waals surface area contributed by atoms with Gasteiger partial charge in [0.25, 0.3) is 5.91 Å². The number of carbonyl (C=O) groups excluding carboxylic acids is 1. The van der Waals surface area contributed by atoms with E-state index in [-0.39, 0.29) is 23.2 Å². The van der Waals surface area contributed by atoms with Crippen LogP contribution < -0.4 is 10.2 Å². The van der Waals surface area contributed by atoms with Gasteiger partial charge in [-0.2, -0.15) is 13.2 Å². The summed E-state index contributed by atoms with van der Waals surface area (Å²) in [7, 11) is 1.76. The maximum absolute atomic E-state index is 13.9. The van der Waals surface area contributed by atoms with Crippen molar-refractivity contribution < 1.29 is 26.7 Å². The number of alkyl halides is 3. The normalized spacial score (nSPS) is 18.8. The number of hydrogen-bond acceptors (Lipinski definition) is 3. The zero-order valence-electron chi connectivity index (χ0n) is 17.8. The highest BCUT2D eigenvalue weighted by molar-refractivity contribution is 5.94. The minimum Gasteiger partial charge on any atom is -0.371 e. The van der Waals surface area contributed by atoms with E-state index in [1.54, 1.807) is 31.3 Å². The van der Waals surface area contributed by atoms with E-state index in [1.807, 2.05) is 4.90 Å². The lowest BCUT2D eigenvalue weighted by Gasteiger charge is -2.37. The number of rotatable bonds is 4. The van der Waals surface area contributed by atoms with Crippen molar-refractivity contribution in [1.82, 2.24) is 10.3 Å². The third-order valence-corrected chi connectivity index (χ3v) is 6.12. The molecule has 174 valence electrons. The van der Waals surface area contributed by atoms with Crippen molar-refractivity contribution in [3.63, 3.8) is 0 Å². The van der Waals surface area contributed by atoms with E-state index in [0.29, 0.717) is 36.8 Å². The Labute approximate surface area is 187 Å². The van der Waals surface area contributed by atoms with E-state index in [1.165, 1.54) is 0 Å². The van der Waals surface area contributed by atoms with Crippen LogP contribution in [0.2, 0.25) is 0 Å². The van der Waals surface area contributed by atoms with Crippen LogP contribution in [-0.2, 0) is 6.18 Å². The lowest BCUT2D eigenvalue weighted by Crippen LogP contribution is -2.43. The van der Waals surface area contributed by atoms with E-state index in [9.17, 15) is 26.7 Å². The van der Waals surface area contributed by atoms with Crippen LogP contribution in [0.15, 0.2) is 48.5 Å². The third-order valence-electron chi connectivity index (χ3n) is 6.12. The van der Waals surface area contributed by atoms with E-state index >= 15 is 0 Å². The summed E-state index contributed by atoms with van der Waals surface area (Å²) in [5.41, 5.74) is -0.576. The standard InChI is InChI=1S/C24H22F5N3O/c1-32(21-13-22(24(27,28)29)31-20-5-3-2-4-17(20)21)16-9-7-15(8-10-16)30-23(33)18-12-14(25)6-11-19(18)26/h2-6,11-13,15-16H,7-10H2,1H3,(H,30,33)/t15-,16+. The summed E-state index contributed by atoms with van der Waals surface area (Å²) >= 11 is 0. The molecule has 0 spiro atoms. The van der Waals surface area contributed by atoms with Gasteiger partial charge in [0.1, 0.15) is 17.3 Å². The molecule has 0 atom stereocenters. The van der Waals surface area contributed by atoms with Crippen LogP contribution in [0.1, 0.15) is 41.7 Å². The monoisotopic (exact) mass is 463 g/mol. The van der Waals surface area contributed by atoms with Crippen LogP contribution in [0, 0.1) is 11.6 Å². The SMILES string of the molecule is CN(c1cc(C(F)(F)F)nc2ccccc12)[C@H]1CC[C@@H](NC(=O)c2cc(F)ccc2F)CC1. The highest BCUT2D eigenvalue weighted by atomic mass is 19.4. The van der Waals surface area contributed by atoms with E-state index in [2.05, 4.69) is 10.3 Å². The van der Waals surface area contributed by atoms with Gasteiger partial charge in [0.15, 0.2) is 0 Å². The van der Waals surface area contributed by atoms with E-state index in [4.69, 9.17) is 0 Å². The van der Waals surface area contributed by atoms with Gasteiger partial charge in [-0.25, -0.2) is 13.8 Å². The molecule has 0 bridgehead atoms. The number of carbonyl (C=O) groups is 1. The first-order valence-corrected chi connectivity index (χ1v) is 10.6. The number of para-hydroxylation sites is 1. The zero-order chi connectivity index (χ0) is 23.8. The van der Waals surface area contributed by atoms with Gasteiger partial charge in [-0.1, -0.05) is 18.2 Å². The van der Waals surface area contributed by atoms with E-state index in [0.717, 1.165) is 24.3 Å². The van der Waals surface area contributed by atoms with Gasteiger partial charge in [0.2, 0.25) is 0 Å². The second kappa shape index (κ2) is 8.96. The molecule has 0 aliphatic heterocycles. The van der Waals surface area contributed by atoms with E-state index < -0.39 is 29.4 Å². The molecule has 33 heavy (non-hydrogen) atoms. The number of hydrogen-bond donors (Lipinski definition) is 1. The topological polar surface area (TPSA) is 45.2 Å². The molecule has 3 aromatic rings. The Balaban J connectivity index is 1.48. The predicted molar refractivity (Wildman–Crippen MR) is 115 cm³/mol. The van der Waals surface area contributed by atoms with Crippen LogP contribution in [-0.4, -0.2) is 30.0 Å². The van der Waals surface area contributed by atoms with Crippen molar-refractivity contribution in [2.75, 3.05) is 11.9 Å². The average molecular weight is 463 g/mol. The molecule has 1 saturated carbocycles. The Morgan fingerprint density at radius 1 is 1.03 bits per heavy atom. The summed E-state index contributed by atoms with van der Waals surface area (Å²) in [6, 6.07) is 10.2. The Morgan fingerprint density at radius 3 is 2.42 bits per heavy atom. The molecule has 4 rings (SSSR count). The van der Waals surface area contributed by atoms with Crippen molar-refractivity contribution in [2.24, 2.45) is 0 Å².